The third kappa shape index (κ3) is 3.57. The number of aromatic amines is 1. The molecular formula is C22H21N9. The first-order valence-electron chi connectivity index (χ1n) is 9.87. The molecule has 3 heterocycles. The van der Waals surface area contributed by atoms with E-state index in [1.54, 1.807) is 0 Å². The Morgan fingerprint density at radius 2 is 1.97 bits per heavy atom. The third-order valence-electron chi connectivity index (χ3n) is 5.16. The highest BCUT2D eigenvalue weighted by Gasteiger charge is 2.12. The standard InChI is InChI=1S/C22H21N9/c1-13-9-14(2)25-22(20(13)23)24-11-15-7-8-18-16(10-15)12-31(28-18)19-6-4-3-5-17(19)21-26-29-30-27-21/h3-10,12H,11,23H2,1-2H3,(H,24,25)(H,26,27,29,30). The van der Waals surface area contributed by atoms with Crippen LogP contribution in [0.15, 0.2) is 54.7 Å². The number of nitrogen functional groups attached to an aromatic ring is 1. The summed E-state index contributed by atoms with van der Waals surface area (Å²) in [5.41, 5.74) is 12.5. The number of H-pyrrole nitrogens is 1. The summed E-state index contributed by atoms with van der Waals surface area (Å²) in [6.45, 7) is 4.56. The smallest absolute Gasteiger partial charge is 0.206 e. The summed E-state index contributed by atoms with van der Waals surface area (Å²) >= 11 is 0. The van der Waals surface area contributed by atoms with Crippen molar-refractivity contribution in [2.24, 2.45) is 0 Å². The number of nitrogens with zero attached hydrogens (tertiary/aromatic N) is 6. The first kappa shape index (κ1) is 18.7. The van der Waals surface area contributed by atoms with Gasteiger partial charge in [0.25, 0.3) is 0 Å². The highest BCUT2D eigenvalue weighted by atomic mass is 15.5. The van der Waals surface area contributed by atoms with E-state index in [-0.39, 0.29) is 0 Å². The van der Waals surface area contributed by atoms with E-state index in [2.05, 4.69) is 43.1 Å². The molecule has 0 aliphatic rings. The number of hydrogen-bond acceptors (Lipinski definition) is 7. The van der Waals surface area contributed by atoms with Crippen LogP contribution in [0.25, 0.3) is 28.0 Å². The zero-order valence-corrected chi connectivity index (χ0v) is 17.2. The molecule has 0 saturated carbocycles. The molecule has 0 fully saturated rings. The van der Waals surface area contributed by atoms with Crippen LogP contribution in [0, 0.1) is 13.8 Å². The summed E-state index contributed by atoms with van der Waals surface area (Å²) < 4.78 is 1.84. The fraction of sp³-hybridized carbons (Fsp3) is 0.136. The minimum atomic E-state index is 0.526. The van der Waals surface area contributed by atoms with Gasteiger partial charge in [-0.15, -0.1) is 10.2 Å². The SMILES string of the molecule is Cc1cc(C)c(N)c(NCc2ccc3nn(-c4ccccc4-c4nn[nH]n4)cc3c2)n1. The van der Waals surface area contributed by atoms with Gasteiger partial charge in [-0.05, 0) is 60.5 Å². The molecule has 0 saturated heterocycles. The van der Waals surface area contributed by atoms with Crippen molar-refractivity contribution >= 4 is 22.4 Å². The monoisotopic (exact) mass is 411 g/mol. The number of pyridine rings is 1. The number of rotatable bonds is 5. The molecule has 0 spiro atoms. The van der Waals surface area contributed by atoms with E-state index >= 15 is 0 Å². The van der Waals surface area contributed by atoms with Gasteiger partial charge in [0.1, 0.15) is 5.82 Å². The largest absolute Gasteiger partial charge is 0.396 e. The van der Waals surface area contributed by atoms with Gasteiger partial charge in [0.15, 0.2) is 0 Å². The van der Waals surface area contributed by atoms with E-state index in [1.807, 2.05) is 61.1 Å². The molecule has 9 heteroatoms. The number of fused-ring (bicyclic) bond motifs is 1. The molecule has 31 heavy (non-hydrogen) atoms. The van der Waals surface area contributed by atoms with Crippen LogP contribution in [0.2, 0.25) is 0 Å². The molecule has 0 unspecified atom stereocenters. The molecule has 0 aliphatic carbocycles. The molecule has 5 rings (SSSR count). The minimum absolute atomic E-state index is 0.526. The zero-order chi connectivity index (χ0) is 21.4. The molecule has 0 bridgehead atoms. The Labute approximate surface area is 178 Å². The lowest BCUT2D eigenvalue weighted by Crippen LogP contribution is -2.06. The number of nitrogens with one attached hydrogen (secondary N) is 2. The van der Waals surface area contributed by atoms with E-state index < -0.39 is 0 Å². The van der Waals surface area contributed by atoms with Crippen LogP contribution in [0.1, 0.15) is 16.8 Å². The summed E-state index contributed by atoms with van der Waals surface area (Å²) in [7, 11) is 0. The van der Waals surface area contributed by atoms with Gasteiger partial charge in [0, 0.05) is 29.4 Å². The predicted octanol–water partition coefficient (Wildman–Crippen LogP) is 3.41. The lowest BCUT2D eigenvalue weighted by Gasteiger charge is -2.11. The lowest BCUT2D eigenvalue weighted by atomic mass is 10.1. The van der Waals surface area contributed by atoms with Gasteiger partial charge < -0.3 is 11.1 Å². The molecule has 5 aromatic rings. The Morgan fingerprint density at radius 1 is 1.10 bits per heavy atom. The topological polar surface area (TPSA) is 123 Å². The quantitative estimate of drug-likeness (QED) is 0.405. The maximum absolute atomic E-state index is 6.17. The van der Waals surface area contributed by atoms with Crippen molar-refractivity contribution in [3.63, 3.8) is 0 Å². The van der Waals surface area contributed by atoms with Crippen LogP contribution in [0.3, 0.4) is 0 Å². The van der Waals surface area contributed by atoms with Gasteiger partial charge in [0.05, 0.1) is 16.9 Å². The van der Waals surface area contributed by atoms with E-state index in [0.29, 0.717) is 23.9 Å². The number of hydrogen-bond donors (Lipinski definition) is 3. The number of anilines is 2. The fourth-order valence-corrected chi connectivity index (χ4v) is 3.61. The molecule has 2 aromatic carbocycles. The van der Waals surface area contributed by atoms with Gasteiger partial charge in [-0.2, -0.15) is 10.3 Å². The summed E-state index contributed by atoms with van der Waals surface area (Å²) in [5, 5.41) is 23.5. The summed E-state index contributed by atoms with van der Waals surface area (Å²) in [6.07, 6.45) is 2.00. The maximum Gasteiger partial charge on any atom is 0.206 e. The lowest BCUT2D eigenvalue weighted by molar-refractivity contribution is 0.881. The van der Waals surface area contributed by atoms with Crippen molar-refractivity contribution in [1.82, 2.24) is 35.4 Å². The summed E-state index contributed by atoms with van der Waals surface area (Å²) in [5.74, 6) is 1.24. The second-order valence-electron chi connectivity index (χ2n) is 7.42. The second-order valence-corrected chi connectivity index (χ2v) is 7.42. The molecule has 0 radical (unpaired) electrons. The molecule has 3 aromatic heterocycles. The van der Waals surface area contributed by atoms with Gasteiger partial charge in [-0.1, -0.05) is 18.2 Å². The summed E-state index contributed by atoms with van der Waals surface area (Å²) in [4.78, 5) is 4.52. The zero-order valence-electron chi connectivity index (χ0n) is 17.2. The van der Waals surface area contributed by atoms with Crippen LogP contribution < -0.4 is 11.1 Å². The van der Waals surface area contributed by atoms with Crippen LogP contribution in [0.4, 0.5) is 11.5 Å². The van der Waals surface area contributed by atoms with E-state index in [0.717, 1.165) is 39.0 Å². The third-order valence-corrected chi connectivity index (χ3v) is 5.16. The van der Waals surface area contributed by atoms with Crippen molar-refractivity contribution in [2.75, 3.05) is 11.1 Å². The summed E-state index contributed by atoms with van der Waals surface area (Å²) in [6, 6.07) is 16.0. The average Bonchev–Trinajstić information content (AvgIpc) is 3.45. The molecule has 0 atom stereocenters. The molecule has 154 valence electrons. The molecular weight excluding hydrogens is 390 g/mol. The molecule has 4 N–H and O–H groups in total. The van der Waals surface area contributed by atoms with Crippen molar-refractivity contribution in [3.05, 3.63) is 71.5 Å². The van der Waals surface area contributed by atoms with Crippen LogP contribution in [-0.4, -0.2) is 35.4 Å². The van der Waals surface area contributed by atoms with Gasteiger partial charge in [-0.25, -0.2) is 9.67 Å². The number of aromatic nitrogens is 7. The van der Waals surface area contributed by atoms with E-state index in [1.165, 1.54) is 0 Å². The van der Waals surface area contributed by atoms with Crippen LogP contribution in [0.5, 0.6) is 0 Å². The first-order chi connectivity index (χ1) is 15.1. The highest BCUT2D eigenvalue weighted by molar-refractivity contribution is 5.80. The number of tetrazole rings is 1. The Morgan fingerprint density at radius 3 is 2.81 bits per heavy atom. The Balaban J connectivity index is 1.44. The fourth-order valence-electron chi connectivity index (χ4n) is 3.61. The normalized spacial score (nSPS) is 11.2. The van der Waals surface area contributed by atoms with Gasteiger partial charge in [-0.3, -0.25) is 0 Å². The Kier molecular flexibility index (Phi) is 4.55. The molecule has 0 aliphatic heterocycles. The number of nitrogens with two attached hydrogens (primary N) is 1. The van der Waals surface area contributed by atoms with Crippen molar-refractivity contribution in [3.8, 4) is 17.1 Å². The Hall–Kier alpha value is -4.27. The van der Waals surface area contributed by atoms with Gasteiger partial charge in [0.2, 0.25) is 5.82 Å². The number of benzene rings is 2. The van der Waals surface area contributed by atoms with Crippen molar-refractivity contribution < 1.29 is 0 Å². The first-order valence-corrected chi connectivity index (χ1v) is 9.87. The number of aryl methyl sites for hydroxylation is 2. The predicted molar refractivity (Wildman–Crippen MR) is 120 cm³/mol. The van der Waals surface area contributed by atoms with Crippen LogP contribution >= 0.6 is 0 Å². The van der Waals surface area contributed by atoms with E-state index in [9.17, 15) is 0 Å². The minimum Gasteiger partial charge on any atom is -0.396 e. The molecule has 9 nitrogen and oxygen atoms in total. The second kappa shape index (κ2) is 7.52. The van der Waals surface area contributed by atoms with E-state index in [4.69, 9.17) is 10.8 Å². The van der Waals surface area contributed by atoms with Crippen molar-refractivity contribution in [2.45, 2.75) is 20.4 Å². The van der Waals surface area contributed by atoms with Crippen LogP contribution in [-0.2, 0) is 6.54 Å². The highest BCUT2D eigenvalue weighted by Crippen LogP contribution is 2.26. The molecule has 0 amide bonds. The average molecular weight is 411 g/mol. The Bertz CT molecular complexity index is 1370. The maximum atomic E-state index is 6.17. The van der Waals surface area contributed by atoms with Gasteiger partial charge >= 0.3 is 0 Å². The number of para-hydroxylation sites is 1. The van der Waals surface area contributed by atoms with Crippen molar-refractivity contribution in [1.29, 1.82) is 0 Å².